The monoisotopic (exact) mass is 271 g/mol. The van der Waals surface area contributed by atoms with Crippen LogP contribution < -0.4 is 5.32 Å². The van der Waals surface area contributed by atoms with Crippen molar-refractivity contribution in [2.24, 2.45) is 0 Å². The number of carbonyl (C=O) groups is 1. The molecule has 0 radical (unpaired) electrons. The molecule has 104 valence electrons. The van der Waals surface area contributed by atoms with Crippen molar-refractivity contribution in [3.63, 3.8) is 0 Å². The number of hydrogen-bond acceptors (Lipinski definition) is 4. The number of rotatable bonds is 4. The number of nitrogens with one attached hydrogen (secondary N) is 1. The van der Waals surface area contributed by atoms with Gasteiger partial charge in [0.15, 0.2) is 5.69 Å². The van der Waals surface area contributed by atoms with E-state index in [9.17, 15) is 4.79 Å². The number of aromatic nitrogens is 1. The molecular formula is C15H17N3O2. The minimum absolute atomic E-state index is 0.243. The Kier molecular flexibility index (Phi) is 3.78. The molecule has 3 rings (SSSR count). The van der Waals surface area contributed by atoms with Gasteiger partial charge in [0.1, 0.15) is 6.26 Å². The number of anilines is 1. The molecule has 1 aromatic carbocycles. The van der Waals surface area contributed by atoms with E-state index < -0.39 is 0 Å². The van der Waals surface area contributed by atoms with Crippen molar-refractivity contribution in [2.75, 3.05) is 18.4 Å². The van der Waals surface area contributed by atoms with E-state index in [2.05, 4.69) is 21.4 Å². The third-order valence-electron chi connectivity index (χ3n) is 3.53. The lowest BCUT2D eigenvalue weighted by Crippen LogP contribution is -2.20. The molecule has 0 unspecified atom stereocenters. The molecule has 20 heavy (non-hydrogen) atoms. The van der Waals surface area contributed by atoms with Crippen LogP contribution in [0, 0.1) is 0 Å². The molecule has 1 aliphatic heterocycles. The standard InChI is InChI=1S/C15H17N3O2/c19-15(14-7-10-20-17-14)16-13-6-2-1-5-12(13)11-18-8-3-4-9-18/h1-2,5-7,10H,3-4,8-9,11H2,(H,16,19). The maximum absolute atomic E-state index is 12.0. The Bertz CT molecular complexity index is 575. The van der Waals surface area contributed by atoms with Crippen molar-refractivity contribution in [1.29, 1.82) is 0 Å². The van der Waals surface area contributed by atoms with Gasteiger partial charge in [-0.05, 0) is 37.6 Å². The molecule has 5 heteroatoms. The van der Waals surface area contributed by atoms with Crippen LogP contribution in [-0.4, -0.2) is 29.1 Å². The van der Waals surface area contributed by atoms with Gasteiger partial charge in [-0.15, -0.1) is 0 Å². The van der Waals surface area contributed by atoms with Gasteiger partial charge in [0.25, 0.3) is 5.91 Å². The summed E-state index contributed by atoms with van der Waals surface area (Å²) in [5.74, 6) is -0.243. The van der Waals surface area contributed by atoms with Crippen LogP contribution in [0.4, 0.5) is 5.69 Å². The first-order valence-electron chi connectivity index (χ1n) is 6.85. The zero-order chi connectivity index (χ0) is 13.8. The van der Waals surface area contributed by atoms with Crippen molar-refractivity contribution in [3.05, 3.63) is 47.9 Å². The average molecular weight is 271 g/mol. The lowest BCUT2D eigenvalue weighted by molar-refractivity contribution is 0.101. The maximum atomic E-state index is 12.0. The van der Waals surface area contributed by atoms with Crippen LogP contribution in [0.25, 0.3) is 0 Å². The van der Waals surface area contributed by atoms with Crippen LogP contribution in [-0.2, 0) is 6.54 Å². The van der Waals surface area contributed by atoms with Crippen LogP contribution in [0.3, 0.4) is 0 Å². The molecule has 1 fully saturated rings. The van der Waals surface area contributed by atoms with Crippen LogP contribution in [0.2, 0.25) is 0 Å². The Labute approximate surface area is 117 Å². The fraction of sp³-hybridized carbons (Fsp3) is 0.333. The van der Waals surface area contributed by atoms with Gasteiger partial charge < -0.3 is 9.84 Å². The van der Waals surface area contributed by atoms with E-state index in [1.807, 2.05) is 18.2 Å². The Morgan fingerprint density at radius 3 is 2.80 bits per heavy atom. The molecule has 0 spiro atoms. The predicted octanol–water partition coefficient (Wildman–Crippen LogP) is 2.52. The molecule has 5 nitrogen and oxygen atoms in total. The molecule has 2 aromatic rings. The maximum Gasteiger partial charge on any atom is 0.277 e. The van der Waals surface area contributed by atoms with Crippen LogP contribution in [0.15, 0.2) is 41.1 Å². The fourth-order valence-electron chi connectivity index (χ4n) is 2.48. The van der Waals surface area contributed by atoms with E-state index in [4.69, 9.17) is 4.52 Å². The fourth-order valence-corrected chi connectivity index (χ4v) is 2.48. The van der Waals surface area contributed by atoms with E-state index in [1.54, 1.807) is 6.07 Å². The first-order chi connectivity index (χ1) is 9.83. The molecule has 1 aliphatic rings. The van der Waals surface area contributed by atoms with Crippen LogP contribution in [0.1, 0.15) is 28.9 Å². The van der Waals surface area contributed by atoms with Crippen LogP contribution in [0.5, 0.6) is 0 Å². The smallest absolute Gasteiger partial charge is 0.277 e. The summed E-state index contributed by atoms with van der Waals surface area (Å²) in [4.78, 5) is 14.4. The largest absolute Gasteiger partial charge is 0.364 e. The SMILES string of the molecule is O=C(Nc1ccccc1CN1CCCC1)c1ccon1. The van der Waals surface area contributed by atoms with Crippen molar-refractivity contribution >= 4 is 11.6 Å². The number of likely N-dealkylation sites (tertiary alicyclic amines) is 1. The van der Waals surface area contributed by atoms with Crippen molar-refractivity contribution < 1.29 is 9.32 Å². The summed E-state index contributed by atoms with van der Waals surface area (Å²) >= 11 is 0. The van der Waals surface area contributed by atoms with Gasteiger partial charge in [0, 0.05) is 18.3 Å². The summed E-state index contributed by atoms with van der Waals surface area (Å²) < 4.78 is 4.69. The lowest BCUT2D eigenvalue weighted by Gasteiger charge is -2.17. The Morgan fingerprint density at radius 1 is 1.25 bits per heavy atom. The summed E-state index contributed by atoms with van der Waals surface area (Å²) in [6.45, 7) is 3.13. The molecule has 0 atom stereocenters. The van der Waals surface area contributed by atoms with Gasteiger partial charge in [-0.25, -0.2) is 0 Å². The second-order valence-electron chi connectivity index (χ2n) is 4.98. The summed E-state index contributed by atoms with van der Waals surface area (Å²) in [6.07, 6.45) is 3.91. The Hall–Kier alpha value is -2.14. The predicted molar refractivity (Wildman–Crippen MR) is 75.4 cm³/mol. The molecule has 1 aromatic heterocycles. The van der Waals surface area contributed by atoms with E-state index in [-0.39, 0.29) is 5.91 Å². The first-order valence-corrected chi connectivity index (χ1v) is 6.85. The highest BCUT2D eigenvalue weighted by molar-refractivity contribution is 6.03. The summed E-state index contributed by atoms with van der Waals surface area (Å²) in [6, 6.07) is 9.45. The topological polar surface area (TPSA) is 58.4 Å². The molecule has 0 aliphatic carbocycles. The third kappa shape index (κ3) is 2.88. The first kappa shape index (κ1) is 12.9. The van der Waals surface area contributed by atoms with Gasteiger partial charge in [0.05, 0.1) is 0 Å². The van der Waals surface area contributed by atoms with Gasteiger partial charge >= 0.3 is 0 Å². The number of carbonyl (C=O) groups excluding carboxylic acids is 1. The van der Waals surface area contributed by atoms with Gasteiger partial charge in [-0.3, -0.25) is 9.69 Å². The minimum Gasteiger partial charge on any atom is -0.364 e. The van der Waals surface area contributed by atoms with E-state index in [0.29, 0.717) is 5.69 Å². The highest BCUT2D eigenvalue weighted by Crippen LogP contribution is 2.20. The second-order valence-corrected chi connectivity index (χ2v) is 4.98. The quantitative estimate of drug-likeness (QED) is 0.928. The molecule has 1 N–H and O–H groups in total. The third-order valence-corrected chi connectivity index (χ3v) is 3.53. The number of benzene rings is 1. The molecular weight excluding hydrogens is 254 g/mol. The molecule has 1 saturated heterocycles. The molecule has 0 bridgehead atoms. The zero-order valence-electron chi connectivity index (χ0n) is 11.2. The second kappa shape index (κ2) is 5.88. The van der Waals surface area contributed by atoms with Gasteiger partial charge in [-0.2, -0.15) is 0 Å². The number of nitrogens with zero attached hydrogens (tertiary/aromatic N) is 2. The normalized spacial score (nSPS) is 15.4. The van der Waals surface area contributed by atoms with Crippen molar-refractivity contribution in [2.45, 2.75) is 19.4 Å². The van der Waals surface area contributed by atoms with Crippen molar-refractivity contribution in [1.82, 2.24) is 10.1 Å². The highest BCUT2D eigenvalue weighted by atomic mass is 16.5. The summed E-state index contributed by atoms with van der Waals surface area (Å²) in [5, 5.41) is 6.55. The van der Waals surface area contributed by atoms with E-state index >= 15 is 0 Å². The van der Waals surface area contributed by atoms with Gasteiger partial charge in [0.2, 0.25) is 0 Å². The average Bonchev–Trinajstić information content (AvgIpc) is 3.13. The lowest BCUT2D eigenvalue weighted by atomic mass is 10.1. The van der Waals surface area contributed by atoms with E-state index in [0.717, 1.165) is 30.9 Å². The summed E-state index contributed by atoms with van der Waals surface area (Å²) in [5.41, 5.74) is 2.26. The Morgan fingerprint density at radius 2 is 2.05 bits per heavy atom. The summed E-state index contributed by atoms with van der Waals surface area (Å²) in [7, 11) is 0. The molecule has 1 amide bonds. The zero-order valence-corrected chi connectivity index (χ0v) is 11.2. The van der Waals surface area contributed by atoms with Gasteiger partial charge in [-0.1, -0.05) is 23.4 Å². The number of amides is 1. The highest BCUT2D eigenvalue weighted by Gasteiger charge is 2.15. The minimum atomic E-state index is -0.243. The van der Waals surface area contributed by atoms with Crippen molar-refractivity contribution in [3.8, 4) is 0 Å². The number of hydrogen-bond donors (Lipinski definition) is 1. The van der Waals surface area contributed by atoms with E-state index in [1.165, 1.54) is 19.1 Å². The molecule has 2 heterocycles. The number of para-hydroxylation sites is 1. The van der Waals surface area contributed by atoms with Crippen LogP contribution >= 0.6 is 0 Å². The Balaban J connectivity index is 1.73. The molecule has 0 saturated carbocycles.